The van der Waals surface area contributed by atoms with Gasteiger partial charge in [-0.05, 0) is 24.9 Å². The molecule has 10 nitrogen and oxygen atoms in total. The first-order valence-corrected chi connectivity index (χ1v) is 9.39. The molecule has 1 aliphatic rings. The molecule has 0 radical (unpaired) electrons. The molecule has 0 aromatic heterocycles. The summed E-state index contributed by atoms with van der Waals surface area (Å²) < 4.78 is 0. The predicted molar refractivity (Wildman–Crippen MR) is 103 cm³/mol. The van der Waals surface area contributed by atoms with E-state index in [0.29, 0.717) is 6.42 Å². The highest BCUT2D eigenvalue weighted by atomic mass is 16.4. The summed E-state index contributed by atoms with van der Waals surface area (Å²) in [4.78, 5) is 47.7. The van der Waals surface area contributed by atoms with E-state index in [2.05, 4.69) is 21.3 Å². The Morgan fingerprint density at radius 2 is 1.83 bits per heavy atom. The number of carboxylic acids is 1. The molecule has 1 saturated heterocycles. The standard InChI is InChI=1S/C19H26N4O6/c24-11-15(19(28)29)22-16(25)10-21-17(26)14(9-12-5-2-1-3-6-12)23-18(27)13-7-4-8-20-13/h1-3,5-6,13-15,20,24H,4,7-11H2,(H,21,26)(H,22,25)(H,23,27)(H,28,29). The quantitative estimate of drug-likeness (QED) is 0.266. The molecule has 1 aromatic rings. The number of carboxylic acid groups (broad SMARTS) is 1. The fourth-order valence-corrected chi connectivity index (χ4v) is 2.96. The van der Waals surface area contributed by atoms with E-state index in [9.17, 15) is 19.2 Å². The van der Waals surface area contributed by atoms with Gasteiger partial charge in [0.2, 0.25) is 17.7 Å². The Balaban J connectivity index is 1.96. The van der Waals surface area contributed by atoms with Crippen LogP contribution in [0.5, 0.6) is 0 Å². The summed E-state index contributed by atoms with van der Waals surface area (Å²) in [5.41, 5.74) is 0.836. The minimum Gasteiger partial charge on any atom is -0.480 e. The SMILES string of the molecule is O=C(CNC(=O)C(Cc1ccccc1)NC(=O)C1CCCN1)NC(CO)C(=O)O. The molecule has 1 aromatic carbocycles. The van der Waals surface area contributed by atoms with Crippen LogP contribution in [0.4, 0.5) is 0 Å². The van der Waals surface area contributed by atoms with Crippen LogP contribution in [0.25, 0.3) is 0 Å². The highest BCUT2D eigenvalue weighted by molar-refractivity contribution is 5.92. The number of carbonyl (C=O) groups is 4. The highest BCUT2D eigenvalue weighted by Gasteiger charge is 2.28. The Bertz CT molecular complexity index is 721. The lowest BCUT2D eigenvalue weighted by atomic mass is 10.0. The van der Waals surface area contributed by atoms with Crippen LogP contribution >= 0.6 is 0 Å². The second-order valence-corrected chi connectivity index (χ2v) is 6.76. The number of carbonyl (C=O) groups excluding carboxylic acids is 3. The number of rotatable bonds is 10. The second kappa shape index (κ2) is 11.1. The molecule has 158 valence electrons. The maximum Gasteiger partial charge on any atom is 0.328 e. The van der Waals surface area contributed by atoms with Crippen molar-refractivity contribution in [3.63, 3.8) is 0 Å². The third-order valence-corrected chi connectivity index (χ3v) is 4.53. The molecule has 6 N–H and O–H groups in total. The zero-order chi connectivity index (χ0) is 21.2. The molecule has 3 amide bonds. The van der Waals surface area contributed by atoms with E-state index >= 15 is 0 Å². The van der Waals surface area contributed by atoms with E-state index in [-0.39, 0.29) is 18.4 Å². The van der Waals surface area contributed by atoms with Crippen LogP contribution in [0.2, 0.25) is 0 Å². The molecule has 0 saturated carbocycles. The average molecular weight is 406 g/mol. The Labute approximate surface area is 168 Å². The van der Waals surface area contributed by atoms with E-state index in [1.807, 2.05) is 30.3 Å². The molecule has 0 aliphatic carbocycles. The normalized spacial score (nSPS) is 17.8. The van der Waals surface area contributed by atoms with Gasteiger partial charge in [0.05, 0.1) is 19.2 Å². The molecule has 3 atom stereocenters. The molecule has 3 unspecified atom stereocenters. The number of aliphatic carboxylic acids is 1. The summed E-state index contributed by atoms with van der Waals surface area (Å²) >= 11 is 0. The number of amides is 3. The van der Waals surface area contributed by atoms with Crippen molar-refractivity contribution in [3.05, 3.63) is 35.9 Å². The number of hydrogen-bond acceptors (Lipinski definition) is 6. The zero-order valence-electron chi connectivity index (χ0n) is 15.9. The fraction of sp³-hybridized carbons (Fsp3) is 0.474. The third-order valence-electron chi connectivity index (χ3n) is 4.53. The summed E-state index contributed by atoms with van der Waals surface area (Å²) in [6, 6.07) is 6.42. The molecule has 10 heteroatoms. The summed E-state index contributed by atoms with van der Waals surface area (Å²) in [5.74, 6) is -2.99. The highest BCUT2D eigenvalue weighted by Crippen LogP contribution is 2.07. The first-order chi connectivity index (χ1) is 13.9. The molecule has 2 rings (SSSR count). The van der Waals surface area contributed by atoms with Crippen molar-refractivity contribution < 1.29 is 29.4 Å². The van der Waals surface area contributed by atoms with Gasteiger partial charge in [-0.3, -0.25) is 14.4 Å². The van der Waals surface area contributed by atoms with Crippen LogP contribution in [-0.2, 0) is 25.6 Å². The number of nitrogens with one attached hydrogen (secondary N) is 4. The van der Waals surface area contributed by atoms with Crippen LogP contribution < -0.4 is 21.3 Å². The minimum atomic E-state index is -1.45. The van der Waals surface area contributed by atoms with Gasteiger partial charge < -0.3 is 31.5 Å². The van der Waals surface area contributed by atoms with Crippen molar-refractivity contribution in [1.29, 1.82) is 0 Å². The van der Waals surface area contributed by atoms with Crippen LogP contribution in [0, 0.1) is 0 Å². The molecule has 29 heavy (non-hydrogen) atoms. The van der Waals surface area contributed by atoms with Gasteiger partial charge in [0.15, 0.2) is 0 Å². The van der Waals surface area contributed by atoms with Crippen LogP contribution in [-0.4, -0.2) is 71.7 Å². The first-order valence-electron chi connectivity index (χ1n) is 9.39. The average Bonchev–Trinajstić information content (AvgIpc) is 3.25. The van der Waals surface area contributed by atoms with E-state index in [0.717, 1.165) is 18.5 Å². The third kappa shape index (κ3) is 7.16. The number of hydrogen-bond donors (Lipinski definition) is 6. The van der Waals surface area contributed by atoms with E-state index in [4.69, 9.17) is 10.2 Å². The Hall–Kier alpha value is -2.98. The molecule has 1 fully saturated rings. The molecule has 1 aliphatic heterocycles. The van der Waals surface area contributed by atoms with Crippen molar-refractivity contribution >= 4 is 23.7 Å². The topological polar surface area (TPSA) is 157 Å². The van der Waals surface area contributed by atoms with Gasteiger partial charge in [0.1, 0.15) is 12.1 Å². The van der Waals surface area contributed by atoms with Crippen molar-refractivity contribution in [3.8, 4) is 0 Å². The lowest BCUT2D eigenvalue weighted by molar-refractivity contribution is -0.142. The zero-order valence-corrected chi connectivity index (χ0v) is 15.9. The van der Waals surface area contributed by atoms with Crippen LogP contribution in [0.15, 0.2) is 30.3 Å². The lowest BCUT2D eigenvalue weighted by Crippen LogP contribution is -2.54. The first kappa shape index (κ1) is 22.3. The summed E-state index contributed by atoms with van der Waals surface area (Å²) in [6.07, 6.45) is 1.80. The summed E-state index contributed by atoms with van der Waals surface area (Å²) in [6.45, 7) is -0.509. The Morgan fingerprint density at radius 1 is 1.10 bits per heavy atom. The summed E-state index contributed by atoms with van der Waals surface area (Å²) in [5, 5.41) is 28.1. The summed E-state index contributed by atoms with van der Waals surface area (Å²) in [7, 11) is 0. The van der Waals surface area contributed by atoms with Gasteiger partial charge in [-0.15, -0.1) is 0 Å². The largest absolute Gasteiger partial charge is 0.480 e. The lowest BCUT2D eigenvalue weighted by Gasteiger charge is -2.21. The molecule has 0 spiro atoms. The van der Waals surface area contributed by atoms with Crippen molar-refractivity contribution in [2.45, 2.75) is 37.4 Å². The molecule has 1 heterocycles. The van der Waals surface area contributed by atoms with Gasteiger partial charge in [0, 0.05) is 6.42 Å². The maximum atomic E-state index is 12.6. The number of aliphatic hydroxyl groups excluding tert-OH is 1. The van der Waals surface area contributed by atoms with E-state index in [1.165, 1.54) is 0 Å². The van der Waals surface area contributed by atoms with Gasteiger partial charge in [-0.1, -0.05) is 30.3 Å². The van der Waals surface area contributed by atoms with Crippen molar-refractivity contribution in [2.24, 2.45) is 0 Å². The molecule has 0 bridgehead atoms. The molecular weight excluding hydrogens is 380 g/mol. The van der Waals surface area contributed by atoms with E-state index < -0.39 is 43.0 Å². The number of benzene rings is 1. The number of aliphatic hydroxyl groups is 1. The van der Waals surface area contributed by atoms with Crippen LogP contribution in [0.1, 0.15) is 18.4 Å². The van der Waals surface area contributed by atoms with Crippen LogP contribution in [0.3, 0.4) is 0 Å². The smallest absolute Gasteiger partial charge is 0.328 e. The van der Waals surface area contributed by atoms with Gasteiger partial charge in [0.25, 0.3) is 0 Å². The van der Waals surface area contributed by atoms with Gasteiger partial charge >= 0.3 is 5.97 Å². The minimum absolute atomic E-state index is 0.237. The maximum absolute atomic E-state index is 12.6. The second-order valence-electron chi connectivity index (χ2n) is 6.76. The van der Waals surface area contributed by atoms with Gasteiger partial charge in [-0.2, -0.15) is 0 Å². The van der Waals surface area contributed by atoms with Gasteiger partial charge in [-0.25, -0.2) is 4.79 Å². The Morgan fingerprint density at radius 3 is 2.41 bits per heavy atom. The van der Waals surface area contributed by atoms with Crippen molar-refractivity contribution in [2.75, 3.05) is 19.7 Å². The fourth-order valence-electron chi connectivity index (χ4n) is 2.96. The van der Waals surface area contributed by atoms with Crippen molar-refractivity contribution in [1.82, 2.24) is 21.3 Å². The van der Waals surface area contributed by atoms with E-state index in [1.54, 1.807) is 0 Å². The molecular formula is C19H26N4O6. The Kier molecular flexibility index (Phi) is 8.56. The monoisotopic (exact) mass is 406 g/mol. The predicted octanol–water partition coefficient (Wildman–Crippen LogP) is -1.86.